The first-order chi connectivity index (χ1) is 6.16. The Labute approximate surface area is 96.7 Å². The lowest BCUT2D eigenvalue weighted by atomic mass is 10.5. The molecule has 1 rings (SSSR count). The Morgan fingerprint density at radius 1 is 1.62 bits per heavy atom. The van der Waals surface area contributed by atoms with E-state index in [1.54, 1.807) is 12.3 Å². The molecular weight excluding hydrogens is 323 g/mol. The van der Waals surface area contributed by atoms with Crippen molar-refractivity contribution in [3.63, 3.8) is 0 Å². The summed E-state index contributed by atoms with van der Waals surface area (Å²) in [5.41, 5.74) is 1.16. The number of hydrogen-bond acceptors (Lipinski definition) is 2. The third-order valence-corrected chi connectivity index (χ3v) is 3.39. The maximum atomic E-state index is 11.4. The van der Waals surface area contributed by atoms with E-state index in [4.69, 9.17) is 11.6 Å². The van der Waals surface area contributed by atoms with E-state index in [0.29, 0.717) is 15.5 Å². The summed E-state index contributed by atoms with van der Waals surface area (Å²) in [6.45, 7) is 0.369. The van der Waals surface area contributed by atoms with Crippen LogP contribution in [0.15, 0.2) is 31.5 Å². The summed E-state index contributed by atoms with van der Waals surface area (Å²) >= 11 is 11.7. The van der Waals surface area contributed by atoms with Gasteiger partial charge >= 0.3 is 0 Å². The van der Waals surface area contributed by atoms with Crippen molar-refractivity contribution in [3.8, 4) is 0 Å². The highest BCUT2D eigenvalue weighted by atomic mass is 79.9. The fraction of sp³-hybridized carbons (Fsp3) is 0.143. The Bertz CT molecular complexity index is 389. The zero-order valence-corrected chi connectivity index (χ0v) is 10.3. The number of rotatable bonds is 2. The molecule has 1 heterocycles. The van der Waals surface area contributed by atoms with Gasteiger partial charge in [-0.05, 0) is 31.9 Å². The van der Waals surface area contributed by atoms with E-state index >= 15 is 0 Å². The Balaban J connectivity index is 3.11. The molecule has 0 saturated heterocycles. The van der Waals surface area contributed by atoms with Crippen LogP contribution in [0, 0.1) is 0 Å². The number of halogens is 3. The van der Waals surface area contributed by atoms with Gasteiger partial charge in [-0.1, -0.05) is 17.7 Å². The molecule has 0 unspecified atom stereocenters. The average molecular weight is 328 g/mol. The topological polar surface area (TPSA) is 34.9 Å². The van der Waals surface area contributed by atoms with Gasteiger partial charge in [0.1, 0.15) is 4.47 Å². The van der Waals surface area contributed by atoms with Gasteiger partial charge in [0, 0.05) is 5.54 Å². The summed E-state index contributed by atoms with van der Waals surface area (Å²) in [6, 6.07) is 0. The predicted octanol–water partition coefficient (Wildman–Crippen LogP) is 2.52. The maximum Gasteiger partial charge on any atom is 0.282 e. The van der Waals surface area contributed by atoms with Gasteiger partial charge in [-0.25, -0.2) is 4.68 Å². The number of hydrogen-bond donors (Lipinski definition) is 0. The van der Waals surface area contributed by atoms with Crippen molar-refractivity contribution in [2.45, 2.75) is 6.54 Å². The molecule has 70 valence electrons. The molecule has 0 bridgehead atoms. The summed E-state index contributed by atoms with van der Waals surface area (Å²) < 4.78 is 2.40. The van der Waals surface area contributed by atoms with Crippen molar-refractivity contribution < 1.29 is 0 Å². The van der Waals surface area contributed by atoms with Crippen LogP contribution < -0.4 is 5.56 Å². The highest BCUT2D eigenvalue weighted by Gasteiger charge is 2.04. The van der Waals surface area contributed by atoms with Crippen LogP contribution in [0.1, 0.15) is 0 Å². The van der Waals surface area contributed by atoms with Crippen LogP contribution in [0.4, 0.5) is 0 Å². The van der Waals surface area contributed by atoms with Crippen LogP contribution in [0.2, 0.25) is 0 Å². The number of aromatic nitrogens is 2. The average Bonchev–Trinajstić information content (AvgIpc) is 2.13. The Kier molecular flexibility index (Phi) is 4.15. The van der Waals surface area contributed by atoms with Crippen LogP contribution in [0.25, 0.3) is 0 Å². The van der Waals surface area contributed by atoms with Crippen LogP contribution in [-0.2, 0) is 6.54 Å². The third-order valence-electron chi connectivity index (χ3n) is 1.31. The predicted molar refractivity (Wildman–Crippen MR) is 58.9 cm³/mol. The third kappa shape index (κ3) is 2.65. The van der Waals surface area contributed by atoms with Crippen LogP contribution >= 0.6 is 43.5 Å². The highest BCUT2D eigenvalue weighted by Crippen LogP contribution is 2.16. The zero-order chi connectivity index (χ0) is 9.84. The summed E-state index contributed by atoms with van der Waals surface area (Å²) in [5, 5.41) is 3.89. The summed E-state index contributed by atoms with van der Waals surface area (Å²) in [7, 11) is 0. The molecule has 13 heavy (non-hydrogen) atoms. The van der Waals surface area contributed by atoms with E-state index in [0.717, 1.165) is 0 Å². The second-order valence-electron chi connectivity index (χ2n) is 2.16. The Morgan fingerprint density at radius 3 is 2.92 bits per heavy atom. The Morgan fingerprint density at radius 2 is 2.31 bits per heavy atom. The molecule has 0 aliphatic carbocycles. The molecule has 0 aliphatic heterocycles. The number of allylic oxidation sites excluding steroid dienone is 1. The molecule has 0 aliphatic rings. The van der Waals surface area contributed by atoms with Gasteiger partial charge in [-0.3, -0.25) is 4.79 Å². The molecule has 0 N–H and O–H groups in total. The summed E-state index contributed by atoms with van der Waals surface area (Å²) in [6.07, 6.45) is 3.18. The first-order valence-electron chi connectivity index (χ1n) is 3.33. The monoisotopic (exact) mass is 326 g/mol. The molecule has 0 amide bonds. The highest BCUT2D eigenvalue weighted by molar-refractivity contribution is 9.13. The molecule has 0 radical (unpaired) electrons. The fourth-order valence-electron chi connectivity index (χ4n) is 0.715. The van der Waals surface area contributed by atoms with Crippen molar-refractivity contribution >= 4 is 43.5 Å². The molecule has 0 aromatic carbocycles. The SMILES string of the molecule is O=c1c(Br)c(Br)cnn1C/C=C/Cl. The molecular formula is C7H5Br2ClN2O. The largest absolute Gasteiger partial charge is 0.282 e. The summed E-state index contributed by atoms with van der Waals surface area (Å²) in [5.74, 6) is 0. The van der Waals surface area contributed by atoms with Crippen molar-refractivity contribution in [2.75, 3.05) is 0 Å². The first-order valence-corrected chi connectivity index (χ1v) is 5.35. The van der Waals surface area contributed by atoms with E-state index in [-0.39, 0.29) is 5.56 Å². The van der Waals surface area contributed by atoms with Gasteiger partial charge in [0.2, 0.25) is 0 Å². The molecule has 1 aromatic rings. The van der Waals surface area contributed by atoms with Crippen molar-refractivity contribution in [3.05, 3.63) is 37.1 Å². The molecule has 6 heteroatoms. The molecule has 0 fully saturated rings. The minimum absolute atomic E-state index is 0.191. The maximum absolute atomic E-state index is 11.4. The van der Waals surface area contributed by atoms with E-state index in [1.807, 2.05) is 0 Å². The van der Waals surface area contributed by atoms with Gasteiger partial charge in [0.15, 0.2) is 0 Å². The molecule has 0 spiro atoms. The lowest BCUT2D eigenvalue weighted by molar-refractivity contribution is 0.645. The first kappa shape index (κ1) is 10.9. The second-order valence-corrected chi connectivity index (χ2v) is 4.05. The Hall–Kier alpha value is -0.130. The van der Waals surface area contributed by atoms with Gasteiger partial charge in [-0.15, -0.1) is 0 Å². The van der Waals surface area contributed by atoms with Crippen molar-refractivity contribution in [2.24, 2.45) is 0 Å². The molecule has 0 saturated carbocycles. The van der Waals surface area contributed by atoms with Gasteiger partial charge < -0.3 is 0 Å². The van der Waals surface area contributed by atoms with E-state index in [1.165, 1.54) is 10.2 Å². The normalized spacial score (nSPS) is 11.0. The molecule has 3 nitrogen and oxygen atoms in total. The zero-order valence-electron chi connectivity index (χ0n) is 6.38. The van der Waals surface area contributed by atoms with Crippen molar-refractivity contribution in [1.29, 1.82) is 0 Å². The second kappa shape index (κ2) is 4.93. The number of nitrogens with zero attached hydrogens (tertiary/aromatic N) is 2. The quantitative estimate of drug-likeness (QED) is 0.836. The van der Waals surface area contributed by atoms with Crippen LogP contribution in [-0.4, -0.2) is 9.78 Å². The summed E-state index contributed by atoms with van der Waals surface area (Å²) in [4.78, 5) is 11.4. The van der Waals surface area contributed by atoms with Gasteiger partial charge in [0.05, 0.1) is 17.2 Å². The lowest BCUT2D eigenvalue weighted by Crippen LogP contribution is -2.22. The van der Waals surface area contributed by atoms with Crippen molar-refractivity contribution in [1.82, 2.24) is 9.78 Å². The molecule has 1 aromatic heterocycles. The van der Waals surface area contributed by atoms with Crippen LogP contribution in [0.3, 0.4) is 0 Å². The smallest absolute Gasteiger partial charge is 0.266 e. The van der Waals surface area contributed by atoms with Crippen LogP contribution in [0.5, 0.6) is 0 Å². The fourth-order valence-corrected chi connectivity index (χ4v) is 1.36. The molecule has 0 atom stereocenters. The standard InChI is InChI=1S/C7H5Br2ClN2O/c8-5-4-11-12(3-1-2-10)7(13)6(5)9/h1-2,4H,3H2/b2-1+. The van der Waals surface area contributed by atoms with E-state index < -0.39 is 0 Å². The minimum Gasteiger partial charge on any atom is -0.266 e. The minimum atomic E-state index is -0.191. The van der Waals surface area contributed by atoms with E-state index in [9.17, 15) is 4.79 Å². The van der Waals surface area contributed by atoms with E-state index in [2.05, 4.69) is 37.0 Å². The lowest BCUT2D eigenvalue weighted by Gasteiger charge is -2.01. The van der Waals surface area contributed by atoms with Gasteiger partial charge in [-0.2, -0.15) is 5.10 Å². The van der Waals surface area contributed by atoms with Gasteiger partial charge in [0.25, 0.3) is 5.56 Å².